The van der Waals surface area contributed by atoms with E-state index in [4.69, 9.17) is 20.1 Å². The van der Waals surface area contributed by atoms with Gasteiger partial charge in [-0.3, -0.25) is 0 Å². The molecule has 30 heavy (non-hydrogen) atoms. The summed E-state index contributed by atoms with van der Waals surface area (Å²) in [7, 11) is 0. The second-order valence-electron chi connectivity index (χ2n) is 7.96. The van der Waals surface area contributed by atoms with E-state index in [1.807, 2.05) is 0 Å². The monoisotopic (exact) mass is 427 g/mol. The second kappa shape index (κ2) is 7.93. The third-order valence-corrected chi connectivity index (χ3v) is 5.93. The maximum Gasteiger partial charge on any atom is 0.490 e. The van der Waals surface area contributed by atoms with Gasteiger partial charge in [0.25, 0.3) is 0 Å². The molecule has 11 heteroatoms. The Morgan fingerprint density at radius 1 is 1.20 bits per heavy atom. The van der Waals surface area contributed by atoms with Gasteiger partial charge >= 0.3 is 12.1 Å². The van der Waals surface area contributed by atoms with Crippen molar-refractivity contribution in [3.05, 3.63) is 11.3 Å². The molecule has 0 unspecified atom stereocenters. The van der Waals surface area contributed by atoms with Crippen molar-refractivity contribution in [2.24, 2.45) is 5.92 Å². The number of carboxylic acid groups (broad SMARTS) is 1. The van der Waals surface area contributed by atoms with Gasteiger partial charge in [0.05, 0.1) is 0 Å². The van der Waals surface area contributed by atoms with Crippen molar-refractivity contribution in [1.29, 1.82) is 0 Å². The maximum atomic E-state index is 10.6. The summed E-state index contributed by atoms with van der Waals surface area (Å²) in [5, 5.41) is 10.8. The van der Waals surface area contributed by atoms with Gasteiger partial charge in [-0.05, 0) is 44.6 Å². The van der Waals surface area contributed by atoms with Crippen molar-refractivity contribution in [3.63, 3.8) is 0 Å². The van der Waals surface area contributed by atoms with E-state index in [0.29, 0.717) is 17.9 Å². The summed E-state index contributed by atoms with van der Waals surface area (Å²) < 4.78 is 37.9. The number of nitrogen functional groups attached to an aromatic ring is 1. The lowest BCUT2D eigenvalue weighted by Crippen LogP contribution is -2.40. The summed E-state index contributed by atoms with van der Waals surface area (Å²) in [6.45, 7) is 3.15. The molecule has 0 bridgehead atoms. The Hall–Kier alpha value is -2.56. The molecule has 2 atom stereocenters. The number of hydrogen-bond acceptors (Lipinski definition) is 7. The highest BCUT2D eigenvalue weighted by molar-refractivity contribution is 5.89. The number of aryl methyl sites for hydroxylation is 2. The van der Waals surface area contributed by atoms with Crippen LogP contribution in [0.2, 0.25) is 0 Å². The van der Waals surface area contributed by atoms with Crippen LogP contribution in [0.5, 0.6) is 0 Å². The van der Waals surface area contributed by atoms with Gasteiger partial charge in [-0.25, -0.2) is 9.78 Å². The average Bonchev–Trinajstić information content (AvgIpc) is 3.28. The van der Waals surface area contributed by atoms with Crippen LogP contribution < -0.4 is 16.0 Å². The van der Waals surface area contributed by atoms with Gasteiger partial charge in [0, 0.05) is 31.1 Å². The van der Waals surface area contributed by atoms with Gasteiger partial charge in [-0.15, -0.1) is 0 Å². The number of hydrogen-bond donors (Lipinski definition) is 3. The van der Waals surface area contributed by atoms with E-state index in [-0.39, 0.29) is 0 Å². The van der Waals surface area contributed by atoms with Crippen LogP contribution >= 0.6 is 0 Å². The number of piperidine rings is 1. The quantitative estimate of drug-likeness (QED) is 0.636. The molecule has 0 aromatic carbocycles. The van der Waals surface area contributed by atoms with Crippen LogP contribution in [0.4, 0.5) is 24.9 Å². The predicted molar refractivity (Wildman–Crippen MR) is 103 cm³/mol. The van der Waals surface area contributed by atoms with Gasteiger partial charge in [0.2, 0.25) is 5.95 Å². The third-order valence-electron chi connectivity index (χ3n) is 5.93. The van der Waals surface area contributed by atoms with Gasteiger partial charge in [0.1, 0.15) is 11.3 Å². The predicted octanol–water partition coefficient (Wildman–Crippen LogP) is 2.51. The molecule has 8 nitrogen and oxygen atoms in total. The normalized spacial score (nSPS) is 23.5. The molecule has 0 amide bonds. The molecular formula is C19H24F3N5O3. The first kappa shape index (κ1) is 20.7. The first-order valence-electron chi connectivity index (χ1n) is 10.1. The van der Waals surface area contributed by atoms with E-state index < -0.39 is 12.1 Å². The minimum atomic E-state index is -5.08. The number of carbonyl (C=O) groups is 1. The number of rotatable bonds is 1. The second-order valence-corrected chi connectivity index (χ2v) is 7.96. The van der Waals surface area contributed by atoms with Crippen LogP contribution in [-0.4, -0.2) is 52.9 Å². The number of carboxylic acids is 1. The summed E-state index contributed by atoms with van der Waals surface area (Å²) in [5.74, 6) is 0.316. The molecule has 1 aliphatic carbocycles. The molecule has 0 spiro atoms. The fourth-order valence-corrected chi connectivity index (χ4v) is 4.55. The smallest absolute Gasteiger partial charge is 0.475 e. The number of nitrogens with one attached hydrogen (secondary N) is 1. The minimum absolute atomic E-state index is 0.365. The lowest BCUT2D eigenvalue weighted by molar-refractivity contribution is -0.192. The molecule has 4 N–H and O–H groups in total. The molecular weight excluding hydrogens is 403 g/mol. The zero-order valence-electron chi connectivity index (χ0n) is 16.3. The number of alkyl halides is 3. The Balaban J connectivity index is 0.000000272. The van der Waals surface area contributed by atoms with Crippen molar-refractivity contribution in [3.8, 4) is 0 Å². The van der Waals surface area contributed by atoms with Crippen LogP contribution in [0.1, 0.15) is 37.0 Å². The Bertz CT molecular complexity index is 932. The minimum Gasteiger partial charge on any atom is -0.475 e. The largest absolute Gasteiger partial charge is 0.490 e. The third kappa shape index (κ3) is 4.03. The Kier molecular flexibility index (Phi) is 5.48. The van der Waals surface area contributed by atoms with Gasteiger partial charge < -0.3 is 25.5 Å². The van der Waals surface area contributed by atoms with E-state index in [9.17, 15) is 13.2 Å². The number of halogens is 3. The van der Waals surface area contributed by atoms with Crippen LogP contribution in [0, 0.1) is 5.92 Å². The molecule has 2 aromatic rings. The molecule has 2 fully saturated rings. The van der Waals surface area contributed by atoms with Crippen molar-refractivity contribution in [1.82, 2.24) is 15.3 Å². The summed E-state index contributed by atoms with van der Waals surface area (Å²) in [5.41, 5.74) is 9.09. The van der Waals surface area contributed by atoms with Crippen molar-refractivity contribution >= 4 is 28.8 Å². The lowest BCUT2D eigenvalue weighted by Gasteiger charge is -2.24. The molecule has 0 radical (unpaired) electrons. The van der Waals surface area contributed by atoms with Crippen molar-refractivity contribution in [2.75, 3.05) is 30.3 Å². The highest BCUT2D eigenvalue weighted by atomic mass is 19.4. The van der Waals surface area contributed by atoms with E-state index in [0.717, 1.165) is 55.2 Å². The molecule has 3 aliphatic rings. The Labute approximate surface area is 170 Å². The van der Waals surface area contributed by atoms with E-state index >= 15 is 0 Å². The van der Waals surface area contributed by atoms with Gasteiger partial charge in [0.15, 0.2) is 11.4 Å². The van der Waals surface area contributed by atoms with Crippen molar-refractivity contribution in [2.45, 2.75) is 50.7 Å². The number of nitrogens with zero attached hydrogens (tertiary/aromatic N) is 3. The Morgan fingerprint density at radius 3 is 2.63 bits per heavy atom. The topological polar surface area (TPSA) is 118 Å². The van der Waals surface area contributed by atoms with Crippen LogP contribution in [0.3, 0.4) is 0 Å². The number of aliphatic carboxylic acids is 1. The standard InChI is InChI=1S/C17H23N5O.C2HF3O2/c18-17-20-14-11-5-1-2-6-13(11)23-15(14)16(21-17)22-8-10-4-3-7-19-12(10)9-22;3-2(4,5)1(6)7/h10,12,19H,1-9H2,(H2,18,20,21);(H,6,7)/t10-,12+;/m1./s1. The Morgan fingerprint density at radius 2 is 1.93 bits per heavy atom. The fourth-order valence-electron chi connectivity index (χ4n) is 4.55. The van der Waals surface area contributed by atoms with E-state index in [1.54, 1.807) is 0 Å². The number of furan rings is 1. The molecule has 2 saturated heterocycles. The van der Waals surface area contributed by atoms with Gasteiger partial charge in [-0.2, -0.15) is 18.2 Å². The lowest BCUT2D eigenvalue weighted by atomic mass is 9.94. The average molecular weight is 427 g/mol. The highest BCUT2D eigenvalue weighted by Crippen LogP contribution is 2.37. The molecule has 164 valence electrons. The van der Waals surface area contributed by atoms with Crippen LogP contribution in [-0.2, 0) is 17.6 Å². The van der Waals surface area contributed by atoms with Crippen LogP contribution in [0.25, 0.3) is 11.1 Å². The fraction of sp³-hybridized carbons (Fsp3) is 0.632. The van der Waals surface area contributed by atoms with Gasteiger partial charge in [-0.1, -0.05) is 0 Å². The van der Waals surface area contributed by atoms with E-state index in [2.05, 4.69) is 20.2 Å². The number of nitrogens with two attached hydrogens (primary N) is 1. The van der Waals surface area contributed by atoms with Crippen molar-refractivity contribution < 1.29 is 27.5 Å². The zero-order valence-corrected chi connectivity index (χ0v) is 16.3. The molecule has 2 aromatic heterocycles. The molecule has 2 aliphatic heterocycles. The number of anilines is 2. The zero-order chi connectivity index (χ0) is 21.5. The molecule has 0 saturated carbocycles. The summed E-state index contributed by atoms with van der Waals surface area (Å²) in [6.07, 6.45) is 1.95. The summed E-state index contributed by atoms with van der Waals surface area (Å²) in [4.78, 5) is 20.3. The van der Waals surface area contributed by atoms with E-state index in [1.165, 1.54) is 31.2 Å². The SMILES string of the molecule is Nc1nc(N2C[C@H]3CCCN[C@H]3C2)c2oc3c(c2n1)CCCC3.O=C(O)C(F)(F)F. The first-order chi connectivity index (χ1) is 14.2. The number of aromatic nitrogens is 2. The molecule has 5 rings (SSSR count). The maximum absolute atomic E-state index is 10.6. The number of fused-ring (bicyclic) bond motifs is 4. The molecule has 4 heterocycles. The van der Waals surface area contributed by atoms with Crippen LogP contribution in [0.15, 0.2) is 4.42 Å². The summed E-state index contributed by atoms with van der Waals surface area (Å²) >= 11 is 0. The highest BCUT2D eigenvalue weighted by Gasteiger charge is 2.38. The summed E-state index contributed by atoms with van der Waals surface area (Å²) in [6, 6.07) is 0.569. The first-order valence-corrected chi connectivity index (χ1v) is 10.1.